The molecule has 0 fully saturated rings. The smallest absolute Gasteiger partial charge is 0.261 e. The minimum absolute atomic E-state index is 0.0121. The fourth-order valence-corrected chi connectivity index (χ4v) is 1.86. The van der Waals surface area contributed by atoms with Crippen molar-refractivity contribution in [2.24, 2.45) is 0 Å². The average molecular weight is 278 g/mol. The first kappa shape index (κ1) is 14.0. The molecule has 1 N–H and O–H groups in total. The molecule has 94 valence electrons. The van der Waals surface area contributed by atoms with Gasteiger partial charge >= 0.3 is 0 Å². The zero-order valence-electron chi connectivity index (χ0n) is 9.14. The van der Waals surface area contributed by atoms with Crippen molar-refractivity contribution in [2.75, 3.05) is 18.5 Å². The van der Waals surface area contributed by atoms with Crippen LogP contribution in [0.25, 0.3) is 0 Å². The summed E-state index contributed by atoms with van der Waals surface area (Å²) in [4.78, 5) is 11.3. The van der Waals surface area contributed by atoms with E-state index in [2.05, 4.69) is 5.32 Å². The first-order valence-electron chi connectivity index (χ1n) is 4.86. The number of rotatable bonds is 5. The Balaban J connectivity index is 2.66. The molecule has 0 aromatic heterocycles. The van der Waals surface area contributed by atoms with Crippen molar-refractivity contribution < 1.29 is 17.9 Å². The molecular weight excluding hydrogens is 266 g/mol. The molecule has 0 aliphatic heterocycles. The Morgan fingerprint density at radius 2 is 1.94 bits per heavy atom. The maximum absolute atomic E-state index is 11.3. The normalized spacial score (nSPS) is 11.2. The van der Waals surface area contributed by atoms with Gasteiger partial charge in [0, 0.05) is 23.0 Å². The third-order valence-electron chi connectivity index (χ3n) is 1.86. The van der Waals surface area contributed by atoms with E-state index in [9.17, 15) is 13.2 Å². The van der Waals surface area contributed by atoms with Gasteiger partial charge in [-0.05, 0) is 31.2 Å². The molecule has 0 saturated carbocycles. The number of halogens is 1. The minimum atomic E-state index is -3.73. The Morgan fingerprint density at radius 3 is 2.41 bits per heavy atom. The summed E-state index contributed by atoms with van der Waals surface area (Å²) in [5.41, 5.74) is 0.485. The van der Waals surface area contributed by atoms with Crippen LogP contribution >= 0.6 is 10.7 Å². The van der Waals surface area contributed by atoms with Crippen LogP contribution in [-0.4, -0.2) is 27.5 Å². The van der Waals surface area contributed by atoms with Gasteiger partial charge in [0.15, 0.2) is 0 Å². The highest BCUT2D eigenvalue weighted by Gasteiger charge is 2.09. The van der Waals surface area contributed by atoms with Crippen LogP contribution in [0.3, 0.4) is 0 Å². The SMILES string of the molecule is CCOCC(=O)Nc1ccc(S(=O)(=O)Cl)cc1. The van der Waals surface area contributed by atoms with Crippen LogP contribution in [0.2, 0.25) is 0 Å². The highest BCUT2D eigenvalue weighted by molar-refractivity contribution is 8.13. The highest BCUT2D eigenvalue weighted by atomic mass is 35.7. The number of carbonyl (C=O) groups is 1. The number of hydrogen-bond acceptors (Lipinski definition) is 4. The van der Waals surface area contributed by atoms with Gasteiger partial charge in [-0.2, -0.15) is 0 Å². The molecule has 0 radical (unpaired) electrons. The second kappa shape index (κ2) is 6.00. The van der Waals surface area contributed by atoms with Crippen LogP contribution in [0.1, 0.15) is 6.92 Å². The highest BCUT2D eigenvalue weighted by Crippen LogP contribution is 2.17. The van der Waals surface area contributed by atoms with Gasteiger partial charge in [-0.3, -0.25) is 4.79 Å². The molecular formula is C10H12ClNO4S. The molecule has 0 aliphatic carbocycles. The van der Waals surface area contributed by atoms with Crippen molar-refractivity contribution in [3.8, 4) is 0 Å². The van der Waals surface area contributed by atoms with E-state index < -0.39 is 9.05 Å². The quantitative estimate of drug-likeness (QED) is 0.830. The second-order valence-electron chi connectivity index (χ2n) is 3.15. The standard InChI is InChI=1S/C10H12ClNO4S/c1-2-16-7-10(13)12-8-3-5-9(6-4-8)17(11,14)15/h3-6H,2,7H2,1H3,(H,12,13). The van der Waals surface area contributed by atoms with Gasteiger partial charge < -0.3 is 10.1 Å². The lowest BCUT2D eigenvalue weighted by atomic mass is 10.3. The van der Waals surface area contributed by atoms with Gasteiger partial charge in [0.25, 0.3) is 9.05 Å². The lowest BCUT2D eigenvalue weighted by molar-refractivity contribution is -0.120. The zero-order valence-corrected chi connectivity index (χ0v) is 10.7. The van der Waals surface area contributed by atoms with Gasteiger partial charge in [0.05, 0.1) is 4.90 Å². The molecule has 0 unspecified atom stereocenters. The van der Waals surface area contributed by atoms with Crippen molar-refractivity contribution in [1.82, 2.24) is 0 Å². The number of amides is 1. The van der Waals surface area contributed by atoms with Crippen LogP contribution in [0.15, 0.2) is 29.2 Å². The molecule has 0 spiro atoms. The molecule has 1 amide bonds. The molecule has 0 bridgehead atoms. The molecule has 7 heteroatoms. The Morgan fingerprint density at radius 1 is 1.35 bits per heavy atom. The van der Waals surface area contributed by atoms with Crippen LogP contribution < -0.4 is 5.32 Å². The molecule has 0 aliphatic rings. The largest absolute Gasteiger partial charge is 0.372 e. The van der Waals surface area contributed by atoms with Crippen LogP contribution in [-0.2, 0) is 18.6 Å². The number of anilines is 1. The summed E-state index contributed by atoms with van der Waals surface area (Å²) in [5.74, 6) is -0.298. The van der Waals surface area contributed by atoms with Crippen molar-refractivity contribution in [2.45, 2.75) is 11.8 Å². The second-order valence-corrected chi connectivity index (χ2v) is 5.71. The van der Waals surface area contributed by atoms with Crippen molar-refractivity contribution in [1.29, 1.82) is 0 Å². The zero-order chi connectivity index (χ0) is 12.9. The third-order valence-corrected chi connectivity index (χ3v) is 3.23. The minimum Gasteiger partial charge on any atom is -0.372 e. The molecule has 1 aromatic rings. The number of hydrogen-bond donors (Lipinski definition) is 1. The molecule has 1 rings (SSSR count). The Labute approximate surface area is 104 Å². The summed E-state index contributed by atoms with van der Waals surface area (Å²) in [6.07, 6.45) is 0. The first-order chi connectivity index (χ1) is 7.93. The van der Waals surface area contributed by atoms with Gasteiger partial charge in [-0.15, -0.1) is 0 Å². The van der Waals surface area contributed by atoms with Crippen LogP contribution in [0.4, 0.5) is 5.69 Å². The summed E-state index contributed by atoms with van der Waals surface area (Å²) in [6.45, 7) is 2.20. The fourth-order valence-electron chi connectivity index (χ4n) is 1.09. The molecule has 0 heterocycles. The summed E-state index contributed by atoms with van der Waals surface area (Å²) in [6, 6.07) is 5.55. The van der Waals surface area contributed by atoms with Crippen molar-refractivity contribution >= 4 is 31.3 Å². The Kier molecular flexibility index (Phi) is 4.92. The van der Waals surface area contributed by atoms with Gasteiger partial charge in [-0.25, -0.2) is 8.42 Å². The van der Waals surface area contributed by atoms with E-state index >= 15 is 0 Å². The van der Waals surface area contributed by atoms with E-state index in [1.165, 1.54) is 24.3 Å². The Hall–Kier alpha value is -1.11. The lowest BCUT2D eigenvalue weighted by Gasteiger charge is -2.05. The topological polar surface area (TPSA) is 72.5 Å². The molecule has 0 saturated heterocycles. The summed E-state index contributed by atoms with van der Waals surface area (Å²) >= 11 is 0. The molecule has 1 aromatic carbocycles. The van der Waals surface area contributed by atoms with Gasteiger partial charge in [-0.1, -0.05) is 0 Å². The van der Waals surface area contributed by atoms with Crippen LogP contribution in [0.5, 0.6) is 0 Å². The van der Waals surface area contributed by atoms with E-state index in [1.807, 2.05) is 0 Å². The average Bonchev–Trinajstić information content (AvgIpc) is 2.26. The van der Waals surface area contributed by atoms with Crippen LogP contribution in [0, 0.1) is 0 Å². The number of nitrogens with one attached hydrogen (secondary N) is 1. The summed E-state index contributed by atoms with van der Waals surface area (Å²) in [5, 5.41) is 2.55. The van der Waals surface area contributed by atoms with Gasteiger partial charge in [0.2, 0.25) is 5.91 Å². The van der Waals surface area contributed by atoms with E-state index in [1.54, 1.807) is 6.92 Å². The predicted molar refractivity (Wildman–Crippen MR) is 64.6 cm³/mol. The summed E-state index contributed by atoms with van der Waals surface area (Å²) in [7, 11) is 1.42. The maximum Gasteiger partial charge on any atom is 0.261 e. The number of ether oxygens (including phenoxy) is 1. The Bertz CT molecular complexity index is 484. The van der Waals surface area contributed by atoms with E-state index in [0.717, 1.165) is 0 Å². The van der Waals surface area contributed by atoms with Gasteiger partial charge in [0.1, 0.15) is 6.61 Å². The fraction of sp³-hybridized carbons (Fsp3) is 0.300. The van der Waals surface area contributed by atoms with Crippen molar-refractivity contribution in [3.05, 3.63) is 24.3 Å². The summed E-state index contributed by atoms with van der Waals surface area (Å²) < 4.78 is 26.8. The van der Waals surface area contributed by atoms with E-state index in [-0.39, 0.29) is 17.4 Å². The van der Waals surface area contributed by atoms with E-state index in [0.29, 0.717) is 12.3 Å². The lowest BCUT2D eigenvalue weighted by Crippen LogP contribution is -2.18. The molecule has 17 heavy (non-hydrogen) atoms. The molecule has 0 atom stereocenters. The number of benzene rings is 1. The predicted octanol–water partition coefficient (Wildman–Crippen LogP) is 1.59. The molecule has 5 nitrogen and oxygen atoms in total. The maximum atomic E-state index is 11.3. The third kappa shape index (κ3) is 4.72. The number of carbonyl (C=O) groups excluding carboxylic acids is 1. The monoisotopic (exact) mass is 277 g/mol. The van der Waals surface area contributed by atoms with E-state index in [4.69, 9.17) is 15.4 Å². The first-order valence-corrected chi connectivity index (χ1v) is 7.16. The van der Waals surface area contributed by atoms with Crippen molar-refractivity contribution in [3.63, 3.8) is 0 Å².